The number of para-hydroxylation sites is 1. The van der Waals surface area contributed by atoms with Crippen molar-refractivity contribution in [2.45, 2.75) is 5.92 Å². The first-order valence-corrected chi connectivity index (χ1v) is 8.37. The molecule has 3 N–H and O–H groups in total. The number of nitrogens with one attached hydrogen (secondary N) is 2. The van der Waals surface area contributed by atoms with Crippen LogP contribution in [0, 0.1) is 0 Å². The van der Waals surface area contributed by atoms with E-state index in [-0.39, 0.29) is 11.7 Å². The Labute approximate surface area is 149 Å². The second-order valence-corrected chi connectivity index (χ2v) is 6.39. The lowest BCUT2D eigenvalue weighted by atomic mass is 9.86. The van der Waals surface area contributed by atoms with E-state index in [9.17, 15) is 9.90 Å². The molecule has 5 nitrogen and oxygen atoms in total. The van der Waals surface area contributed by atoms with Gasteiger partial charge in [-0.3, -0.25) is 4.79 Å². The van der Waals surface area contributed by atoms with Crippen molar-refractivity contribution in [3.8, 4) is 16.9 Å². The van der Waals surface area contributed by atoms with Crippen molar-refractivity contribution in [2.75, 3.05) is 5.32 Å². The molecule has 2 aromatic heterocycles. The monoisotopic (exact) mass is 341 g/mol. The van der Waals surface area contributed by atoms with Gasteiger partial charge in [-0.05, 0) is 41.0 Å². The third-order valence-electron chi connectivity index (χ3n) is 4.88. The molecule has 1 amide bonds. The molecule has 5 heteroatoms. The van der Waals surface area contributed by atoms with E-state index in [0.29, 0.717) is 0 Å². The van der Waals surface area contributed by atoms with E-state index in [2.05, 4.69) is 15.3 Å². The molecular formula is C21H15N3O2. The van der Waals surface area contributed by atoms with Crippen molar-refractivity contribution < 1.29 is 9.90 Å². The molecule has 3 heterocycles. The summed E-state index contributed by atoms with van der Waals surface area (Å²) in [6, 6.07) is 16.5. The maximum absolute atomic E-state index is 13.2. The summed E-state index contributed by atoms with van der Waals surface area (Å²) >= 11 is 0. The van der Waals surface area contributed by atoms with Crippen LogP contribution in [0.1, 0.15) is 17.0 Å². The number of amides is 1. The molecule has 0 unspecified atom stereocenters. The molecule has 26 heavy (non-hydrogen) atoms. The summed E-state index contributed by atoms with van der Waals surface area (Å²) in [6.45, 7) is 0. The van der Waals surface area contributed by atoms with Crippen LogP contribution in [-0.2, 0) is 4.79 Å². The average Bonchev–Trinajstić information content (AvgIpc) is 3.07. The molecule has 0 spiro atoms. The quantitative estimate of drug-likeness (QED) is 0.489. The number of rotatable bonds is 1. The van der Waals surface area contributed by atoms with Gasteiger partial charge in [0.15, 0.2) is 0 Å². The summed E-state index contributed by atoms with van der Waals surface area (Å²) in [4.78, 5) is 20.8. The van der Waals surface area contributed by atoms with Crippen LogP contribution in [0.5, 0.6) is 5.75 Å². The summed E-state index contributed by atoms with van der Waals surface area (Å²) < 4.78 is 0. The van der Waals surface area contributed by atoms with Crippen molar-refractivity contribution in [1.29, 1.82) is 0 Å². The number of phenolic OH excluding ortho intramolecular Hbond substituents is 1. The molecule has 1 aliphatic heterocycles. The van der Waals surface area contributed by atoms with E-state index in [1.165, 1.54) is 0 Å². The Morgan fingerprint density at radius 2 is 1.77 bits per heavy atom. The first-order chi connectivity index (χ1) is 12.7. The van der Waals surface area contributed by atoms with Crippen molar-refractivity contribution in [1.82, 2.24) is 9.97 Å². The summed E-state index contributed by atoms with van der Waals surface area (Å²) in [5.74, 6) is -0.439. The van der Waals surface area contributed by atoms with Gasteiger partial charge in [0.1, 0.15) is 11.4 Å². The normalized spacial score (nSPS) is 15.8. The van der Waals surface area contributed by atoms with Crippen LogP contribution >= 0.6 is 0 Å². The molecule has 1 atom stereocenters. The van der Waals surface area contributed by atoms with Gasteiger partial charge >= 0.3 is 0 Å². The Morgan fingerprint density at radius 1 is 0.962 bits per heavy atom. The Balaban J connectivity index is 1.85. The van der Waals surface area contributed by atoms with Crippen LogP contribution in [0.4, 0.5) is 5.69 Å². The van der Waals surface area contributed by atoms with Crippen molar-refractivity contribution in [3.63, 3.8) is 0 Å². The zero-order valence-corrected chi connectivity index (χ0v) is 13.7. The van der Waals surface area contributed by atoms with Crippen LogP contribution in [0.25, 0.3) is 22.2 Å². The van der Waals surface area contributed by atoms with Gasteiger partial charge in [-0.2, -0.15) is 0 Å². The van der Waals surface area contributed by atoms with Gasteiger partial charge in [-0.25, -0.2) is 4.98 Å². The molecule has 2 aromatic carbocycles. The fourth-order valence-electron chi connectivity index (χ4n) is 3.70. The minimum atomic E-state index is -0.499. The lowest BCUT2D eigenvalue weighted by Gasteiger charge is -2.22. The van der Waals surface area contributed by atoms with E-state index in [1.807, 2.05) is 36.5 Å². The fraction of sp³-hybridized carbons (Fsp3) is 0.0476. The van der Waals surface area contributed by atoms with E-state index < -0.39 is 5.92 Å². The number of fused-ring (bicyclic) bond motifs is 2. The zero-order chi connectivity index (χ0) is 17.7. The van der Waals surface area contributed by atoms with Crippen LogP contribution in [0.2, 0.25) is 0 Å². The van der Waals surface area contributed by atoms with E-state index in [4.69, 9.17) is 0 Å². The number of carbonyl (C=O) groups is 1. The lowest BCUT2D eigenvalue weighted by molar-refractivity contribution is -0.116. The number of hydrogen-bond donors (Lipinski definition) is 3. The number of aromatic nitrogens is 2. The van der Waals surface area contributed by atoms with Gasteiger partial charge in [0.2, 0.25) is 5.91 Å². The smallest absolute Gasteiger partial charge is 0.236 e. The second-order valence-electron chi connectivity index (χ2n) is 6.39. The highest BCUT2D eigenvalue weighted by atomic mass is 16.3. The number of anilines is 1. The first kappa shape index (κ1) is 14.7. The molecule has 1 aliphatic rings. The fourth-order valence-corrected chi connectivity index (χ4v) is 3.70. The van der Waals surface area contributed by atoms with Crippen LogP contribution in [-0.4, -0.2) is 21.0 Å². The first-order valence-electron chi connectivity index (χ1n) is 8.37. The van der Waals surface area contributed by atoms with Gasteiger partial charge in [0, 0.05) is 29.0 Å². The summed E-state index contributed by atoms with van der Waals surface area (Å²) in [6.07, 6.45) is 3.62. The average molecular weight is 341 g/mol. The van der Waals surface area contributed by atoms with E-state index in [0.717, 1.165) is 39.0 Å². The maximum atomic E-state index is 13.2. The number of aromatic hydroxyl groups is 1. The van der Waals surface area contributed by atoms with E-state index >= 15 is 0 Å². The van der Waals surface area contributed by atoms with Gasteiger partial charge in [-0.1, -0.05) is 30.3 Å². The number of carbonyl (C=O) groups excluding carboxylic acids is 1. The lowest BCUT2D eigenvalue weighted by Crippen LogP contribution is -2.23. The molecule has 0 saturated carbocycles. The molecular weight excluding hydrogens is 326 g/mol. The molecule has 5 rings (SSSR count). The Morgan fingerprint density at radius 3 is 2.62 bits per heavy atom. The second kappa shape index (κ2) is 5.46. The standard InChI is InChI=1S/C21H15N3O2/c25-13-7-5-12(6-8-13)18-16-11-23-20-19(16)15(9-10-22-20)14-3-1-2-4-17(14)24-21(18)26/h1-11,18,25H,(H,22,23)(H,24,26)/t18-/m0/s1. The minimum Gasteiger partial charge on any atom is -0.508 e. The Bertz CT molecular complexity index is 1150. The third-order valence-corrected chi connectivity index (χ3v) is 4.88. The highest BCUT2D eigenvalue weighted by Gasteiger charge is 2.30. The summed E-state index contributed by atoms with van der Waals surface area (Å²) in [5, 5.41) is 13.6. The number of nitrogens with zero attached hydrogens (tertiary/aromatic N) is 1. The third kappa shape index (κ3) is 2.10. The summed E-state index contributed by atoms with van der Waals surface area (Å²) in [5.41, 5.74) is 5.23. The van der Waals surface area contributed by atoms with Crippen LogP contribution in [0.15, 0.2) is 67.0 Å². The highest BCUT2D eigenvalue weighted by molar-refractivity contribution is 6.09. The van der Waals surface area contributed by atoms with Gasteiger partial charge in [-0.15, -0.1) is 0 Å². The topological polar surface area (TPSA) is 78.0 Å². The predicted octanol–water partition coefficient (Wildman–Crippen LogP) is 4.02. The van der Waals surface area contributed by atoms with Gasteiger partial charge < -0.3 is 15.4 Å². The number of H-pyrrole nitrogens is 1. The molecule has 0 aliphatic carbocycles. The van der Waals surface area contributed by atoms with Crippen molar-refractivity contribution in [2.24, 2.45) is 0 Å². The molecule has 0 fully saturated rings. The zero-order valence-electron chi connectivity index (χ0n) is 13.7. The van der Waals surface area contributed by atoms with E-state index in [1.54, 1.807) is 30.5 Å². The number of benzene rings is 2. The number of pyridine rings is 1. The SMILES string of the molecule is O=C1Nc2ccccc2-c2ccnc3[nH]cc(c23)[C@@H]1c1ccc(O)cc1. The van der Waals surface area contributed by atoms with Crippen molar-refractivity contribution in [3.05, 3.63) is 78.1 Å². The molecule has 4 aromatic rings. The minimum absolute atomic E-state index is 0.112. The van der Waals surface area contributed by atoms with Crippen LogP contribution in [0.3, 0.4) is 0 Å². The highest BCUT2D eigenvalue weighted by Crippen LogP contribution is 2.41. The van der Waals surface area contributed by atoms with Gasteiger partial charge in [0.25, 0.3) is 0 Å². The maximum Gasteiger partial charge on any atom is 0.236 e. The molecule has 0 saturated heterocycles. The number of aromatic amines is 1. The largest absolute Gasteiger partial charge is 0.508 e. The molecule has 126 valence electrons. The number of hydrogen-bond acceptors (Lipinski definition) is 3. The molecule has 0 radical (unpaired) electrons. The number of phenols is 1. The predicted molar refractivity (Wildman–Crippen MR) is 100 cm³/mol. The van der Waals surface area contributed by atoms with Crippen molar-refractivity contribution >= 4 is 22.6 Å². The summed E-state index contributed by atoms with van der Waals surface area (Å²) in [7, 11) is 0. The molecule has 0 bridgehead atoms. The Kier molecular flexibility index (Phi) is 3.09. The van der Waals surface area contributed by atoms with Crippen LogP contribution < -0.4 is 5.32 Å². The van der Waals surface area contributed by atoms with Gasteiger partial charge in [0.05, 0.1) is 5.92 Å². The Hall–Kier alpha value is -3.60.